The number of hydrogen-bond acceptors (Lipinski definition) is 5. The molecule has 0 aliphatic carbocycles. The Balaban J connectivity index is 1.52. The number of anilines is 2. The summed E-state index contributed by atoms with van der Waals surface area (Å²) in [6, 6.07) is 11.7. The van der Waals surface area contributed by atoms with Gasteiger partial charge in [0.25, 0.3) is 5.91 Å². The van der Waals surface area contributed by atoms with Gasteiger partial charge in [0.1, 0.15) is 5.82 Å². The molecule has 4 rings (SSSR count). The number of halogens is 1. The SMILES string of the molecule is O=C(Nc1ccnn1Cc1ccccc1)c1nc(N2CCCCC2)ncc1Cl. The summed E-state index contributed by atoms with van der Waals surface area (Å²) in [5.41, 5.74) is 1.26. The lowest BCUT2D eigenvalue weighted by molar-refractivity contribution is 0.102. The molecule has 0 unspecified atom stereocenters. The molecule has 0 atom stereocenters. The highest BCUT2D eigenvalue weighted by Gasteiger charge is 2.20. The highest BCUT2D eigenvalue weighted by atomic mass is 35.5. The van der Waals surface area contributed by atoms with Crippen LogP contribution < -0.4 is 10.2 Å². The second-order valence-corrected chi connectivity index (χ2v) is 7.14. The zero-order valence-electron chi connectivity index (χ0n) is 15.4. The van der Waals surface area contributed by atoms with Gasteiger partial charge >= 0.3 is 0 Å². The normalized spacial score (nSPS) is 14.1. The number of benzene rings is 1. The number of rotatable bonds is 5. The van der Waals surface area contributed by atoms with E-state index in [-0.39, 0.29) is 16.6 Å². The van der Waals surface area contributed by atoms with Crippen molar-refractivity contribution in [3.63, 3.8) is 0 Å². The molecule has 7 nitrogen and oxygen atoms in total. The molecule has 28 heavy (non-hydrogen) atoms. The summed E-state index contributed by atoms with van der Waals surface area (Å²) < 4.78 is 1.73. The number of nitrogens with zero attached hydrogens (tertiary/aromatic N) is 5. The summed E-state index contributed by atoms with van der Waals surface area (Å²) in [5, 5.41) is 7.39. The first kappa shape index (κ1) is 18.4. The van der Waals surface area contributed by atoms with Gasteiger partial charge in [0.2, 0.25) is 5.95 Å². The van der Waals surface area contributed by atoms with Crippen molar-refractivity contribution in [2.45, 2.75) is 25.8 Å². The Bertz CT molecular complexity index is 952. The molecule has 1 aliphatic heterocycles. The molecule has 1 saturated heterocycles. The molecule has 1 amide bonds. The Morgan fingerprint density at radius 1 is 1.11 bits per heavy atom. The smallest absolute Gasteiger partial charge is 0.277 e. The summed E-state index contributed by atoms with van der Waals surface area (Å²) in [4.78, 5) is 23.7. The van der Waals surface area contributed by atoms with Crippen molar-refractivity contribution >= 4 is 29.3 Å². The molecule has 0 bridgehead atoms. The van der Waals surface area contributed by atoms with Crippen molar-refractivity contribution in [3.05, 3.63) is 65.1 Å². The summed E-state index contributed by atoms with van der Waals surface area (Å²) >= 11 is 6.21. The number of amides is 1. The van der Waals surface area contributed by atoms with Crippen LogP contribution in [-0.4, -0.2) is 38.7 Å². The minimum absolute atomic E-state index is 0.171. The van der Waals surface area contributed by atoms with E-state index in [0.29, 0.717) is 18.3 Å². The zero-order chi connectivity index (χ0) is 19.3. The predicted molar refractivity (Wildman–Crippen MR) is 109 cm³/mol. The summed E-state index contributed by atoms with van der Waals surface area (Å²) in [7, 11) is 0. The van der Waals surface area contributed by atoms with Gasteiger partial charge in [0, 0.05) is 19.2 Å². The third kappa shape index (κ3) is 4.14. The van der Waals surface area contributed by atoms with Crippen LogP contribution in [0.3, 0.4) is 0 Å². The van der Waals surface area contributed by atoms with Gasteiger partial charge in [-0.2, -0.15) is 5.10 Å². The lowest BCUT2D eigenvalue weighted by Crippen LogP contribution is -2.31. The van der Waals surface area contributed by atoms with Gasteiger partial charge in [-0.05, 0) is 24.8 Å². The van der Waals surface area contributed by atoms with Crippen molar-refractivity contribution in [2.75, 3.05) is 23.3 Å². The Labute approximate surface area is 168 Å². The number of aromatic nitrogens is 4. The molecule has 1 N–H and O–H groups in total. The number of piperidine rings is 1. The zero-order valence-corrected chi connectivity index (χ0v) is 16.1. The minimum atomic E-state index is -0.375. The summed E-state index contributed by atoms with van der Waals surface area (Å²) in [5.74, 6) is 0.760. The van der Waals surface area contributed by atoms with E-state index in [9.17, 15) is 4.79 Å². The molecule has 8 heteroatoms. The van der Waals surface area contributed by atoms with Crippen LogP contribution in [0, 0.1) is 0 Å². The van der Waals surface area contributed by atoms with Crippen molar-refractivity contribution in [1.29, 1.82) is 0 Å². The average molecular weight is 397 g/mol. The monoisotopic (exact) mass is 396 g/mol. The highest BCUT2D eigenvalue weighted by Crippen LogP contribution is 2.21. The van der Waals surface area contributed by atoms with Gasteiger partial charge in [-0.15, -0.1) is 0 Å². The molecule has 1 fully saturated rings. The van der Waals surface area contributed by atoms with E-state index in [4.69, 9.17) is 11.6 Å². The van der Waals surface area contributed by atoms with Crippen LogP contribution >= 0.6 is 11.6 Å². The quantitative estimate of drug-likeness (QED) is 0.712. The van der Waals surface area contributed by atoms with E-state index in [2.05, 4.69) is 25.3 Å². The maximum atomic E-state index is 12.8. The van der Waals surface area contributed by atoms with E-state index < -0.39 is 0 Å². The standard InChI is InChI=1S/C20H21ClN6O/c21-16-13-22-20(26-11-5-2-6-12-26)25-18(16)19(28)24-17-9-10-23-27(17)14-15-7-3-1-4-8-15/h1,3-4,7-10,13H,2,5-6,11-12,14H2,(H,24,28). The molecule has 0 spiro atoms. The van der Waals surface area contributed by atoms with Gasteiger partial charge in [0.05, 0.1) is 24.0 Å². The van der Waals surface area contributed by atoms with Crippen LogP contribution in [0.2, 0.25) is 5.02 Å². The number of nitrogens with one attached hydrogen (secondary N) is 1. The lowest BCUT2D eigenvalue weighted by atomic mass is 10.1. The third-order valence-corrected chi connectivity index (χ3v) is 5.00. The second-order valence-electron chi connectivity index (χ2n) is 6.73. The summed E-state index contributed by atoms with van der Waals surface area (Å²) in [6.45, 7) is 2.35. The van der Waals surface area contributed by atoms with Crippen LogP contribution in [0.5, 0.6) is 0 Å². The molecule has 1 aromatic carbocycles. The second kappa shape index (κ2) is 8.39. The molecular formula is C20H21ClN6O. The van der Waals surface area contributed by atoms with Crippen LogP contribution in [0.15, 0.2) is 48.8 Å². The van der Waals surface area contributed by atoms with E-state index in [1.807, 2.05) is 30.3 Å². The van der Waals surface area contributed by atoms with Crippen molar-refractivity contribution < 1.29 is 4.79 Å². The molecule has 1 aliphatic rings. The maximum absolute atomic E-state index is 12.8. The average Bonchev–Trinajstić information content (AvgIpc) is 3.16. The van der Waals surface area contributed by atoms with E-state index in [1.54, 1.807) is 16.9 Å². The Kier molecular flexibility index (Phi) is 5.53. The maximum Gasteiger partial charge on any atom is 0.277 e. The van der Waals surface area contributed by atoms with E-state index >= 15 is 0 Å². The van der Waals surface area contributed by atoms with Crippen molar-refractivity contribution in [3.8, 4) is 0 Å². The number of hydrogen-bond donors (Lipinski definition) is 1. The molecule has 144 valence electrons. The molecule has 2 aromatic heterocycles. The van der Waals surface area contributed by atoms with Crippen LogP contribution in [0.25, 0.3) is 0 Å². The molecule has 0 saturated carbocycles. The van der Waals surface area contributed by atoms with Gasteiger partial charge in [0.15, 0.2) is 5.69 Å². The van der Waals surface area contributed by atoms with E-state index in [1.165, 1.54) is 12.6 Å². The van der Waals surface area contributed by atoms with Gasteiger partial charge in [-0.3, -0.25) is 4.79 Å². The number of carbonyl (C=O) groups is 1. The lowest BCUT2D eigenvalue weighted by Gasteiger charge is -2.26. The number of carbonyl (C=O) groups excluding carboxylic acids is 1. The van der Waals surface area contributed by atoms with Crippen LogP contribution in [-0.2, 0) is 6.54 Å². The van der Waals surface area contributed by atoms with Gasteiger partial charge in [-0.25, -0.2) is 14.6 Å². The van der Waals surface area contributed by atoms with Crippen molar-refractivity contribution in [2.24, 2.45) is 0 Å². The van der Waals surface area contributed by atoms with Crippen molar-refractivity contribution in [1.82, 2.24) is 19.7 Å². The molecule has 3 heterocycles. The fourth-order valence-corrected chi connectivity index (χ4v) is 3.44. The minimum Gasteiger partial charge on any atom is -0.341 e. The fraction of sp³-hybridized carbons (Fsp3) is 0.300. The molecular weight excluding hydrogens is 376 g/mol. The van der Waals surface area contributed by atoms with Gasteiger partial charge < -0.3 is 10.2 Å². The van der Waals surface area contributed by atoms with Crippen LogP contribution in [0.4, 0.5) is 11.8 Å². The Morgan fingerprint density at radius 3 is 2.68 bits per heavy atom. The molecule has 3 aromatic rings. The first-order chi connectivity index (χ1) is 13.7. The summed E-state index contributed by atoms with van der Waals surface area (Å²) in [6.07, 6.45) is 6.56. The Morgan fingerprint density at radius 2 is 1.89 bits per heavy atom. The third-order valence-electron chi connectivity index (χ3n) is 4.72. The first-order valence-corrected chi connectivity index (χ1v) is 9.73. The largest absolute Gasteiger partial charge is 0.341 e. The van der Waals surface area contributed by atoms with E-state index in [0.717, 1.165) is 31.5 Å². The predicted octanol–water partition coefficient (Wildman–Crippen LogP) is 3.62. The topological polar surface area (TPSA) is 75.9 Å². The fourth-order valence-electron chi connectivity index (χ4n) is 3.26. The first-order valence-electron chi connectivity index (χ1n) is 9.35. The van der Waals surface area contributed by atoms with Gasteiger partial charge in [-0.1, -0.05) is 41.9 Å². The molecule has 0 radical (unpaired) electrons. The Hall–Kier alpha value is -2.93. The van der Waals surface area contributed by atoms with Crippen LogP contribution in [0.1, 0.15) is 35.3 Å². The highest BCUT2D eigenvalue weighted by molar-refractivity contribution is 6.34.